The second-order valence-electron chi connectivity index (χ2n) is 16.2. The third kappa shape index (κ3) is 4.78. The number of nitrogens with zero attached hydrogens (tertiary/aromatic N) is 1. The summed E-state index contributed by atoms with van der Waals surface area (Å²) in [6.45, 7) is 11.6. The summed E-state index contributed by atoms with van der Waals surface area (Å²) in [6.07, 6.45) is 0. The number of benzene rings is 8. The average Bonchev–Trinajstić information content (AvgIpc) is 3.65. The van der Waals surface area contributed by atoms with Gasteiger partial charge in [0, 0.05) is 32.8 Å². The zero-order valence-corrected chi connectivity index (χ0v) is 30.9. The molecule has 0 saturated carbocycles. The summed E-state index contributed by atoms with van der Waals surface area (Å²) in [5, 5.41) is 7.18. The summed E-state index contributed by atoms with van der Waals surface area (Å²) < 4.78 is 6.49. The van der Waals surface area contributed by atoms with Gasteiger partial charge in [-0.3, -0.25) is 0 Å². The van der Waals surface area contributed by atoms with E-state index in [0.29, 0.717) is 0 Å². The fourth-order valence-electron chi connectivity index (χ4n) is 9.02. The van der Waals surface area contributed by atoms with Gasteiger partial charge in [0.1, 0.15) is 11.2 Å². The molecule has 0 radical (unpaired) electrons. The minimum absolute atomic E-state index is 0.0120. The molecule has 0 fully saturated rings. The Kier molecular flexibility index (Phi) is 6.82. The van der Waals surface area contributed by atoms with E-state index < -0.39 is 0 Å². The van der Waals surface area contributed by atoms with Crippen LogP contribution >= 0.6 is 0 Å². The van der Waals surface area contributed by atoms with Gasteiger partial charge in [0.2, 0.25) is 0 Å². The van der Waals surface area contributed by atoms with Crippen molar-refractivity contribution >= 4 is 60.5 Å². The van der Waals surface area contributed by atoms with Crippen LogP contribution in [-0.2, 0) is 10.8 Å². The van der Waals surface area contributed by atoms with Crippen LogP contribution in [0.4, 0.5) is 17.1 Å². The minimum atomic E-state index is -0.0769. The molecule has 256 valence electrons. The predicted octanol–water partition coefficient (Wildman–Crippen LogP) is 14.6. The first-order valence-corrected chi connectivity index (χ1v) is 18.7. The van der Waals surface area contributed by atoms with Crippen LogP contribution in [0.1, 0.15) is 51.3 Å². The Labute approximate surface area is 310 Å². The van der Waals surface area contributed by atoms with Crippen molar-refractivity contribution in [2.45, 2.75) is 45.4 Å². The van der Waals surface area contributed by atoms with E-state index in [1.807, 2.05) is 6.07 Å². The Bertz CT molecular complexity index is 2920. The van der Waals surface area contributed by atoms with Gasteiger partial charge in [-0.25, -0.2) is 0 Å². The number of rotatable bonds is 4. The molecule has 1 heterocycles. The highest BCUT2D eigenvalue weighted by molar-refractivity contribution is 6.11. The Hall–Kier alpha value is -6.12. The molecule has 53 heavy (non-hydrogen) atoms. The maximum Gasteiger partial charge on any atom is 0.136 e. The molecule has 0 saturated heterocycles. The van der Waals surface area contributed by atoms with Crippen molar-refractivity contribution in [2.24, 2.45) is 0 Å². The Morgan fingerprint density at radius 3 is 1.98 bits per heavy atom. The summed E-state index contributed by atoms with van der Waals surface area (Å²) in [7, 11) is 0. The SMILES string of the molecule is CC(C)(C)c1ccc(N(c2ccc3c(c2)-c2ccccc2C3(C)C)c2ccc3ccccc3c2-c2ccc3c(c2)oc2ccccc23)c2ccccc12. The molecule has 8 aromatic carbocycles. The van der Waals surface area contributed by atoms with E-state index in [2.05, 4.69) is 191 Å². The number of para-hydroxylation sites is 1. The first kappa shape index (κ1) is 31.6. The molecule has 0 bridgehead atoms. The molecule has 0 aliphatic heterocycles. The molecular formula is C51H41NO. The molecule has 1 aliphatic carbocycles. The van der Waals surface area contributed by atoms with Gasteiger partial charge in [-0.15, -0.1) is 0 Å². The van der Waals surface area contributed by atoms with E-state index in [-0.39, 0.29) is 10.8 Å². The van der Waals surface area contributed by atoms with Crippen molar-refractivity contribution in [1.29, 1.82) is 0 Å². The molecule has 0 unspecified atom stereocenters. The molecule has 0 spiro atoms. The highest BCUT2D eigenvalue weighted by Crippen LogP contribution is 2.53. The van der Waals surface area contributed by atoms with Crippen LogP contribution in [0.3, 0.4) is 0 Å². The minimum Gasteiger partial charge on any atom is -0.456 e. The van der Waals surface area contributed by atoms with Crippen molar-refractivity contribution in [2.75, 3.05) is 4.90 Å². The second-order valence-corrected chi connectivity index (χ2v) is 16.2. The zero-order chi connectivity index (χ0) is 36.1. The maximum absolute atomic E-state index is 6.49. The van der Waals surface area contributed by atoms with Crippen molar-refractivity contribution < 1.29 is 4.42 Å². The highest BCUT2D eigenvalue weighted by atomic mass is 16.3. The summed E-state index contributed by atoms with van der Waals surface area (Å²) in [4.78, 5) is 2.51. The second kappa shape index (κ2) is 11.4. The van der Waals surface area contributed by atoms with E-state index in [4.69, 9.17) is 4.42 Å². The quantitative estimate of drug-likeness (QED) is 0.184. The lowest BCUT2D eigenvalue weighted by Crippen LogP contribution is -2.16. The standard InChI is InChI=1S/C51H41NO/c1-50(2,3)42-27-29-45(38-18-9-8-16-36(38)42)52(34-24-26-44-41(31-34)37-17-10-12-20-43(37)51(44,4)5)46-28-23-32-14-6-7-15-35(32)49(46)33-22-25-40-39-19-11-13-21-47(39)53-48(40)30-33/h6-31H,1-5H3. The summed E-state index contributed by atoms with van der Waals surface area (Å²) >= 11 is 0. The van der Waals surface area contributed by atoms with Crippen LogP contribution in [0.2, 0.25) is 0 Å². The first-order valence-electron chi connectivity index (χ1n) is 18.7. The number of hydrogen-bond acceptors (Lipinski definition) is 2. The van der Waals surface area contributed by atoms with Gasteiger partial charge >= 0.3 is 0 Å². The molecular weight excluding hydrogens is 643 g/mol. The molecule has 2 heteroatoms. The Balaban J connectivity index is 1.30. The number of anilines is 3. The van der Waals surface area contributed by atoms with E-state index in [9.17, 15) is 0 Å². The Morgan fingerprint density at radius 2 is 1.15 bits per heavy atom. The third-order valence-corrected chi connectivity index (χ3v) is 11.6. The molecule has 0 atom stereocenters. The molecule has 0 amide bonds. The summed E-state index contributed by atoms with van der Waals surface area (Å²) in [5.74, 6) is 0. The molecule has 1 aromatic heterocycles. The van der Waals surface area contributed by atoms with Crippen LogP contribution in [0, 0.1) is 0 Å². The van der Waals surface area contributed by atoms with Gasteiger partial charge in [-0.05, 0) is 97.4 Å². The van der Waals surface area contributed by atoms with Crippen molar-refractivity contribution in [3.05, 3.63) is 174 Å². The van der Waals surface area contributed by atoms with E-state index >= 15 is 0 Å². The number of fused-ring (bicyclic) bond motifs is 8. The highest BCUT2D eigenvalue weighted by Gasteiger charge is 2.36. The molecule has 2 nitrogen and oxygen atoms in total. The van der Waals surface area contributed by atoms with Crippen LogP contribution in [0.5, 0.6) is 0 Å². The van der Waals surface area contributed by atoms with E-state index in [0.717, 1.165) is 44.6 Å². The van der Waals surface area contributed by atoms with Crippen molar-refractivity contribution in [1.82, 2.24) is 0 Å². The van der Waals surface area contributed by atoms with Crippen LogP contribution in [0.15, 0.2) is 162 Å². The molecule has 0 N–H and O–H groups in total. The molecule has 10 rings (SSSR count). The largest absolute Gasteiger partial charge is 0.456 e. The lowest BCUT2D eigenvalue weighted by Gasteiger charge is -2.32. The van der Waals surface area contributed by atoms with E-state index in [1.54, 1.807) is 0 Å². The van der Waals surface area contributed by atoms with Gasteiger partial charge in [-0.1, -0.05) is 150 Å². The Morgan fingerprint density at radius 1 is 0.491 bits per heavy atom. The number of hydrogen-bond donors (Lipinski definition) is 0. The predicted molar refractivity (Wildman–Crippen MR) is 225 cm³/mol. The summed E-state index contributed by atoms with van der Waals surface area (Å²) in [6, 6.07) is 58.1. The van der Waals surface area contributed by atoms with Crippen molar-refractivity contribution in [3.63, 3.8) is 0 Å². The number of furan rings is 1. The topological polar surface area (TPSA) is 16.4 Å². The lowest BCUT2D eigenvalue weighted by molar-refractivity contribution is 0.596. The van der Waals surface area contributed by atoms with E-state index in [1.165, 1.54) is 54.9 Å². The molecule has 9 aromatic rings. The zero-order valence-electron chi connectivity index (χ0n) is 30.9. The monoisotopic (exact) mass is 683 g/mol. The van der Waals surface area contributed by atoms with Gasteiger partial charge in [0.05, 0.1) is 11.4 Å². The van der Waals surface area contributed by atoms with Crippen LogP contribution in [0.25, 0.3) is 65.7 Å². The maximum atomic E-state index is 6.49. The fourth-order valence-corrected chi connectivity index (χ4v) is 9.02. The van der Waals surface area contributed by atoms with Gasteiger partial charge in [0.25, 0.3) is 0 Å². The third-order valence-electron chi connectivity index (χ3n) is 11.6. The summed E-state index contributed by atoms with van der Waals surface area (Å²) in [5.41, 5.74) is 14.1. The van der Waals surface area contributed by atoms with Gasteiger partial charge in [0.15, 0.2) is 0 Å². The van der Waals surface area contributed by atoms with Gasteiger partial charge in [-0.2, -0.15) is 0 Å². The average molecular weight is 684 g/mol. The normalized spacial score (nSPS) is 13.5. The van der Waals surface area contributed by atoms with Crippen LogP contribution < -0.4 is 4.90 Å². The fraction of sp³-hybridized carbons (Fsp3) is 0.137. The van der Waals surface area contributed by atoms with Crippen LogP contribution in [-0.4, -0.2) is 0 Å². The lowest BCUT2D eigenvalue weighted by atomic mass is 9.82. The molecule has 1 aliphatic rings. The smallest absolute Gasteiger partial charge is 0.136 e. The van der Waals surface area contributed by atoms with Gasteiger partial charge < -0.3 is 9.32 Å². The first-order chi connectivity index (χ1) is 25.7. The van der Waals surface area contributed by atoms with Crippen molar-refractivity contribution in [3.8, 4) is 22.3 Å².